The number of nitrogens with zero attached hydrogens (tertiary/aromatic N) is 1. The van der Waals surface area contributed by atoms with Crippen molar-refractivity contribution < 1.29 is 14.6 Å². The van der Waals surface area contributed by atoms with Crippen LogP contribution in [0.25, 0.3) is 0 Å². The topological polar surface area (TPSA) is 77.6 Å². The second-order valence-corrected chi connectivity index (χ2v) is 3.71. The number of ether oxygens (including phenoxy) is 2. The Hall–Kier alpha value is -1.17. The number of aromatic nitrogens is 1. The highest BCUT2D eigenvalue weighted by molar-refractivity contribution is 5.42. The van der Waals surface area contributed by atoms with Crippen molar-refractivity contribution in [3.63, 3.8) is 0 Å². The summed E-state index contributed by atoms with van der Waals surface area (Å²) in [5, 5.41) is 10.2. The lowest BCUT2D eigenvalue weighted by Crippen LogP contribution is -2.26. The fraction of sp³-hybridized carbons (Fsp3) is 0.583. The lowest BCUT2D eigenvalue weighted by atomic mass is 10.1. The van der Waals surface area contributed by atoms with Crippen LogP contribution >= 0.6 is 0 Å². The van der Waals surface area contributed by atoms with E-state index in [0.717, 1.165) is 5.56 Å². The van der Waals surface area contributed by atoms with Gasteiger partial charge >= 0.3 is 0 Å². The smallest absolute Gasteiger partial charge is 0.187 e. The summed E-state index contributed by atoms with van der Waals surface area (Å²) in [5.41, 5.74) is 7.21. The summed E-state index contributed by atoms with van der Waals surface area (Å²) >= 11 is 0. The highest BCUT2D eigenvalue weighted by Crippen LogP contribution is 2.24. The minimum absolute atomic E-state index is 0.299. The van der Waals surface area contributed by atoms with E-state index in [2.05, 4.69) is 4.98 Å². The first-order valence-electron chi connectivity index (χ1n) is 5.73. The monoisotopic (exact) mass is 240 g/mol. The minimum Gasteiger partial charge on any atom is -0.383 e. The number of hydrogen-bond acceptors (Lipinski definition) is 5. The van der Waals surface area contributed by atoms with Gasteiger partial charge in [-0.15, -0.1) is 0 Å². The highest BCUT2D eigenvalue weighted by atomic mass is 16.7. The van der Waals surface area contributed by atoms with E-state index in [0.29, 0.717) is 24.6 Å². The van der Waals surface area contributed by atoms with Crippen LogP contribution < -0.4 is 5.73 Å². The third kappa shape index (κ3) is 3.66. The molecule has 1 atom stereocenters. The number of nitrogen functional groups attached to an aromatic ring is 1. The van der Waals surface area contributed by atoms with E-state index in [1.807, 2.05) is 20.8 Å². The molecule has 0 saturated carbocycles. The molecule has 1 heterocycles. The minimum atomic E-state index is -0.928. The van der Waals surface area contributed by atoms with Gasteiger partial charge in [-0.1, -0.05) is 0 Å². The first kappa shape index (κ1) is 13.9. The van der Waals surface area contributed by atoms with Crippen LogP contribution in [-0.4, -0.2) is 29.6 Å². The van der Waals surface area contributed by atoms with Gasteiger partial charge in [-0.3, -0.25) is 0 Å². The standard InChI is InChI=1S/C12H20N2O3/c1-4-16-12(17-5-2)10(15)9-6-8(3)7-14-11(9)13/h6-7,10,12,15H,4-5H2,1-3H3,(H2,13,14). The Morgan fingerprint density at radius 2 is 1.94 bits per heavy atom. The quantitative estimate of drug-likeness (QED) is 0.735. The molecule has 0 bridgehead atoms. The second kappa shape index (κ2) is 6.54. The predicted octanol–water partition coefficient (Wildman–Crippen LogP) is 1.40. The summed E-state index contributed by atoms with van der Waals surface area (Å²) in [5.74, 6) is 0.299. The predicted molar refractivity (Wildman–Crippen MR) is 65.4 cm³/mol. The molecule has 0 aliphatic heterocycles. The van der Waals surface area contributed by atoms with Gasteiger partial charge in [0.2, 0.25) is 0 Å². The van der Waals surface area contributed by atoms with Gasteiger partial charge in [0.25, 0.3) is 0 Å². The summed E-state index contributed by atoms with van der Waals surface area (Å²) < 4.78 is 10.7. The van der Waals surface area contributed by atoms with Crippen LogP contribution in [0.15, 0.2) is 12.3 Å². The number of anilines is 1. The molecule has 5 heteroatoms. The van der Waals surface area contributed by atoms with Crippen LogP contribution in [0.5, 0.6) is 0 Å². The molecule has 0 radical (unpaired) electrons. The van der Waals surface area contributed by atoms with Crippen LogP contribution in [0.3, 0.4) is 0 Å². The molecule has 5 nitrogen and oxygen atoms in total. The van der Waals surface area contributed by atoms with Crippen LogP contribution in [0, 0.1) is 6.92 Å². The number of pyridine rings is 1. The number of nitrogens with two attached hydrogens (primary N) is 1. The van der Waals surface area contributed by atoms with Gasteiger partial charge in [0, 0.05) is 25.0 Å². The second-order valence-electron chi connectivity index (χ2n) is 3.71. The molecule has 1 unspecified atom stereocenters. The molecule has 0 amide bonds. The molecular weight excluding hydrogens is 220 g/mol. The van der Waals surface area contributed by atoms with Crippen molar-refractivity contribution in [1.82, 2.24) is 4.98 Å². The van der Waals surface area contributed by atoms with Gasteiger partial charge in [-0.2, -0.15) is 0 Å². The molecule has 0 fully saturated rings. The lowest BCUT2D eigenvalue weighted by Gasteiger charge is -2.23. The molecule has 0 spiro atoms. The van der Waals surface area contributed by atoms with E-state index in [9.17, 15) is 5.11 Å². The van der Waals surface area contributed by atoms with E-state index >= 15 is 0 Å². The van der Waals surface area contributed by atoms with Crippen LogP contribution in [0.1, 0.15) is 31.1 Å². The third-order valence-corrected chi connectivity index (χ3v) is 2.32. The zero-order chi connectivity index (χ0) is 12.8. The van der Waals surface area contributed by atoms with Crippen molar-refractivity contribution in [3.8, 4) is 0 Å². The average Bonchev–Trinajstić information content (AvgIpc) is 2.31. The summed E-state index contributed by atoms with van der Waals surface area (Å²) in [7, 11) is 0. The first-order chi connectivity index (χ1) is 8.10. The van der Waals surface area contributed by atoms with Crippen LogP contribution in [0.2, 0.25) is 0 Å². The maximum atomic E-state index is 10.2. The normalized spacial score (nSPS) is 13.0. The summed E-state index contributed by atoms with van der Waals surface area (Å²) in [6.45, 7) is 6.49. The summed E-state index contributed by atoms with van der Waals surface area (Å²) in [4.78, 5) is 4.01. The molecule has 0 aliphatic rings. The molecule has 1 aromatic rings. The summed E-state index contributed by atoms with van der Waals surface area (Å²) in [6.07, 6.45) is 0.0141. The van der Waals surface area contributed by atoms with Crippen molar-refractivity contribution >= 4 is 5.82 Å². The molecule has 0 saturated heterocycles. The Morgan fingerprint density at radius 1 is 1.35 bits per heavy atom. The van der Waals surface area contributed by atoms with Crippen molar-refractivity contribution in [3.05, 3.63) is 23.4 Å². The molecule has 1 rings (SSSR count). The molecule has 0 aliphatic carbocycles. The zero-order valence-electron chi connectivity index (χ0n) is 10.5. The van der Waals surface area contributed by atoms with Gasteiger partial charge in [0.1, 0.15) is 11.9 Å². The van der Waals surface area contributed by atoms with E-state index in [4.69, 9.17) is 15.2 Å². The zero-order valence-corrected chi connectivity index (χ0v) is 10.5. The van der Waals surface area contributed by atoms with E-state index in [-0.39, 0.29) is 0 Å². The maximum absolute atomic E-state index is 10.2. The average molecular weight is 240 g/mol. The Bertz CT molecular complexity index is 352. The van der Waals surface area contributed by atoms with Gasteiger partial charge in [-0.05, 0) is 32.4 Å². The Morgan fingerprint density at radius 3 is 2.47 bits per heavy atom. The van der Waals surface area contributed by atoms with E-state index in [1.54, 1.807) is 12.3 Å². The van der Waals surface area contributed by atoms with Gasteiger partial charge < -0.3 is 20.3 Å². The number of rotatable bonds is 6. The van der Waals surface area contributed by atoms with Crippen molar-refractivity contribution in [2.24, 2.45) is 0 Å². The Kier molecular flexibility index (Phi) is 5.34. The Balaban J connectivity index is 2.91. The lowest BCUT2D eigenvalue weighted by molar-refractivity contribution is -0.191. The van der Waals surface area contributed by atoms with E-state index < -0.39 is 12.4 Å². The third-order valence-electron chi connectivity index (χ3n) is 2.32. The summed E-state index contributed by atoms with van der Waals surface area (Å²) in [6, 6.07) is 1.79. The number of aliphatic hydroxyl groups excluding tert-OH is 1. The van der Waals surface area contributed by atoms with Crippen molar-refractivity contribution in [2.45, 2.75) is 33.2 Å². The van der Waals surface area contributed by atoms with Gasteiger partial charge in [0.05, 0.1) is 0 Å². The fourth-order valence-electron chi connectivity index (χ4n) is 1.54. The molecule has 1 aromatic heterocycles. The van der Waals surface area contributed by atoms with Gasteiger partial charge in [0.15, 0.2) is 6.29 Å². The molecule has 96 valence electrons. The van der Waals surface area contributed by atoms with Crippen molar-refractivity contribution in [2.75, 3.05) is 18.9 Å². The number of hydrogen-bond donors (Lipinski definition) is 2. The Labute approximate surface area is 102 Å². The van der Waals surface area contributed by atoms with E-state index in [1.165, 1.54) is 0 Å². The SMILES string of the molecule is CCOC(OCC)C(O)c1cc(C)cnc1N. The van der Waals surface area contributed by atoms with Crippen molar-refractivity contribution in [1.29, 1.82) is 0 Å². The molecule has 3 N–H and O–H groups in total. The molecular formula is C12H20N2O3. The first-order valence-corrected chi connectivity index (χ1v) is 5.73. The largest absolute Gasteiger partial charge is 0.383 e. The fourth-order valence-corrected chi connectivity index (χ4v) is 1.54. The van der Waals surface area contributed by atoms with Crippen LogP contribution in [-0.2, 0) is 9.47 Å². The van der Waals surface area contributed by atoms with Gasteiger partial charge in [-0.25, -0.2) is 4.98 Å². The number of aliphatic hydroxyl groups is 1. The van der Waals surface area contributed by atoms with Crippen LogP contribution in [0.4, 0.5) is 5.82 Å². The maximum Gasteiger partial charge on any atom is 0.187 e. The highest BCUT2D eigenvalue weighted by Gasteiger charge is 2.24. The number of aryl methyl sites for hydroxylation is 1. The molecule has 17 heavy (non-hydrogen) atoms. The molecule has 0 aromatic carbocycles.